The molecule has 0 bridgehead atoms. The number of rotatable bonds is 8. The molecule has 2 aromatic carbocycles. The van der Waals surface area contributed by atoms with E-state index in [4.69, 9.17) is 9.88 Å². The Morgan fingerprint density at radius 3 is 2.39 bits per heavy atom. The maximum absolute atomic E-state index is 13.0. The molecule has 1 heterocycles. The highest BCUT2D eigenvalue weighted by Crippen LogP contribution is 2.27. The molecule has 1 aliphatic heterocycles. The van der Waals surface area contributed by atoms with Gasteiger partial charge < -0.3 is 9.64 Å². The van der Waals surface area contributed by atoms with Crippen LogP contribution in [0.1, 0.15) is 6.42 Å². The number of carbonyl (C=O) groups is 3. The fraction of sp³-hybridized carbons (Fsp3) is 0.190. The van der Waals surface area contributed by atoms with Crippen LogP contribution in [0.4, 0.5) is 5.69 Å². The number of ether oxygens (including phenoxy) is 1. The molecule has 0 radical (unpaired) electrons. The van der Waals surface area contributed by atoms with Crippen LogP contribution in [0, 0.1) is 0 Å². The van der Waals surface area contributed by atoms with Gasteiger partial charge in [-0.25, -0.2) is 18.5 Å². The minimum absolute atomic E-state index is 0.0544. The summed E-state index contributed by atoms with van der Waals surface area (Å²) in [6, 6.07) is 12.8. The zero-order chi connectivity index (χ0) is 22.6. The summed E-state index contributed by atoms with van der Waals surface area (Å²) in [5.74, 6) is -1.08. The molecule has 10 heteroatoms. The fourth-order valence-corrected chi connectivity index (χ4v) is 3.72. The predicted molar refractivity (Wildman–Crippen MR) is 113 cm³/mol. The molecule has 0 spiro atoms. The quantitative estimate of drug-likeness (QED) is 0.480. The van der Waals surface area contributed by atoms with E-state index in [1.165, 1.54) is 35.2 Å². The Labute approximate surface area is 179 Å². The van der Waals surface area contributed by atoms with Crippen molar-refractivity contribution in [2.75, 3.05) is 18.1 Å². The molecule has 1 atom stereocenters. The third kappa shape index (κ3) is 4.98. The van der Waals surface area contributed by atoms with Gasteiger partial charge in [0.15, 0.2) is 6.61 Å². The van der Waals surface area contributed by atoms with Crippen molar-refractivity contribution in [3.63, 3.8) is 0 Å². The number of amides is 3. The number of hydrogen-bond donors (Lipinski definition) is 1. The van der Waals surface area contributed by atoms with E-state index in [-0.39, 0.29) is 30.2 Å². The Morgan fingerprint density at radius 1 is 1.16 bits per heavy atom. The summed E-state index contributed by atoms with van der Waals surface area (Å²) in [5.41, 5.74) is 0.191. The van der Waals surface area contributed by atoms with E-state index in [1.807, 2.05) is 6.07 Å². The Morgan fingerprint density at radius 2 is 1.81 bits per heavy atom. The maximum atomic E-state index is 13.0. The van der Waals surface area contributed by atoms with Gasteiger partial charge in [0, 0.05) is 6.54 Å². The summed E-state index contributed by atoms with van der Waals surface area (Å²) in [7, 11) is -3.91. The van der Waals surface area contributed by atoms with E-state index >= 15 is 0 Å². The topological polar surface area (TPSA) is 127 Å². The van der Waals surface area contributed by atoms with Crippen LogP contribution in [0.3, 0.4) is 0 Å². The van der Waals surface area contributed by atoms with Crippen LogP contribution >= 0.6 is 0 Å². The molecule has 0 aromatic heterocycles. The maximum Gasteiger partial charge on any atom is 0.261 e. The molecule has 1 fully saturated rings. The second-order valence-corrected chi connectivity index (χ2v) is 8.32. The van der Waals surface area contributed by atoms with Crippen LogP contribution in [0.25, 0.3) is 0 Å². The van der Waals surface area contributed by atoms with Gasteiger partial charge >= 0.3 is 0 Å². The molecule has 1 saturated heterocycles. The molecule has 9 nitrogen and oxygen atoms in total. The van der Waals surface area contributed by atoms with Gasteiger partial charge in [-0.2, -0.15) is 0 Å². The van der Waals surface area contributed by atoms with Crippen LogP contribution < -0.4 is 14.8 Å². The van der Waals surface area contributed by atoms with Crippen molar-refractivity contribution in [1.29, 1.82) is 0 Å². The average Bonchev–Trinajstić information content (AvgIpc) is 3.04. The number of hydrogen-bond acceptors (Lipinski definition) is 6. The van der Waals surface area contributed by atoms with Gasteiger partial charge in [-0.15, -0.1) is 6.58 Å². The van der Waals surface area contributed by atoms with E-state index < -0.39 is 33.8 Å². The molecular weight excluding hydrogens is 422 g/mol. The van der Waals surface area contributed by atoms with E-state index in [2.05, 4.69) is 6.58 Å². The average molecular weight is 443 g/mol. The minimum atomic E-state index is -3.91. The first-order valence-corrected chi connectivity index (χ1v) is 10.8. The lowest BCUT2D eigenvalue weighted by Gasteiger charge is -2.26. The summed E-state index contributed by atoms with van der Waals surface area (Å²) in [6.45, 7) is 3.36. The van der Waals surface area contributed by atoms with Gasteiger partial charge in [-0.05, 0) is 36.4 Å². The molecule has 0 aliphatic carbocycles. The van der Waals surface area contributed by atoms with Crippen molar-refractivity contribution in [2.45, 2.75) is 17.4 Å². The standard InChI is InChI=1S/C21H21N3O6S/c1-2-12-23(20(26)14-30-16-6-4-3-5-7-16)18-13-19(25)24(21(18)27)15-8-10-17(11-9-15)31(22,28)29/h2-11,18H,1,12-14H2,(H2,22,28,29). The van der Waals surface area contributed by atoms with Crippen molar-refractivity contribution >= 4 is 33.4 Å². The number of nitrogens with two attached hydrogens (primary N) is 1. The summed E-state index contributed by atoms with van der Waals surface area (Å²) in [5, 5.41) is 5.07. The number of imide groups is 1. The van der Waals surface area contributed by atoms with Crippen molar-refractivity contribution in [3.8, 4) is 5.75 Å². The minimum Gasteiger partial charge on any atom is -0.484 e. The third-order valence-electron chi connectivity index (χ3n) is 4.67. The van der Waals surface area contributed by atoms with Gasteiger partial charge in [0.2, 0.25) is 15.9 Å². The highest BCUT2D eigenvalue weighted by atomic mass is 32.2. The smallest absolute Gasteiger partial charge is 0.261 e. The van der Waals surface area contributed by atoms with Gasteiger partial charge in [-0.1, -0.05) is 24.3 Å². The first kappa shape index (κ1) is 22.2. The fourth-order valence-electron chi connectivity index (χ4n) is 3.20. The number of sulfonamides is 1. The van der Waals surface area contributed by atoms with Crippen molar-refractivity contribution in [3.05, 3.63) is 67.3 Å². The summed E-state index contributed by atoms with van der Waals surface area (Å²) >= 11 is 0. The van der Waals surface area contributed by atoms with Crippen molar-refractivity contribution in [1.82, 2.24) is 4.90 Å². The molecule has 0 saturated carbocycles. The Bertz CT molecular complexity index is 1100. The molecule has 1 aliphatic rings. The Balaban J connectivity index is 1.77. The number of carbonyl (C=O) groups excluding carboxylic acids is 3. The first-order chi connectivity index (χ1) is 14.7. The second-order valence-electron chi connectivity index (χ2n) is 6.76. The van der Waals surface area contributed by atoms with Crippen LogP contribution in [0.5, 0.6) is 5.75 Å². The highest BCUT2D eigenvalue weighted by Gasteiger charge is 2.44. The van der Waals surface area contributed by atoms with Crippen molar-refractivity contribution < 1.29 is 27.5 Å². The summed E-state index contributed by atoms with van der Waals surface area (Å²) in [6.07, 6.45) is 1.25. The number of benzene rings is 2. The van der Waals surface area contributed by atoms with E-state index in [9.17, 15) is 22.8 Å². The molecule has 1 unspecified atom stereocenters. The number of primary sulfonamides is 1. The Kier molecular flexibility index (Phi) is 6.52. The number of nitrogens with zero attached hydrogens (tertiary/aromatic N) is 2. The normalized spacial score (nSPS) is 16.3. The van der Waals surface area contributed by atoms with E-state index in [0.29, 0.717) is 5.75 Å². The van der Waals surface area contributed by atoms with Gasteiger partial charge in [0.25, 0.3) is 11.8 Å². The SMILES string of the molecule is C=CCN(C(=O)COc1ccccc1)C1CC(=O)N(c2ccc(S(N)(=O)=O)cc2)C1=O. The predicted octanol–water partition coefficient (Wildman–Crippen LogP) is 1.06. The third-order valence-corrected chi connectivity index (χ3v) is 5.60. The monoisotopic (exact) mass is 443 g/mol. The van der Waals surface area contributed by atoms with Crippen LogP contribution in [-0.2, 0) is 24.4 Å². The zero-order valence-corrected chi connectivity index (χ0v) is 17.3. The molecule has 31 heavy (non-hydrogen) atoms. The van der Waals surface area contributed by atoms with Gasteiger partial charge in [-0.3, -0.25) is 14.4 Å². The molecule has 2 aromatic rings. The molecule has 3 rings (SSSR count). The van der Waals surface area contributed by atoms with Crippen LogP contribution in [0.15, 0.2) is 72.1 Å². The molecule has 2 N–H and O–H groups in total. The largest absolute Gasteiger partial charge is 0.484 e. The lowest BCUT2D eigenvalue weighted by Crippen LogP contribution is -2.47. The first-order valence-electron chi connectivity index (χ1n) is 9.30. The highest BCUT2D eigenvalue weighted by molar-refractivity contribution is 7.89. The summed E-state index contributed by atoms with van der Waals surface area (Å²) < 4.78 is 28.3. The van der Waals surface area contributed by atoms with Crippen molar-refractivity contribution in [2.24, 2.45) is 5.14 Å². The van der Waals surface area contributed by atoms with E-state index in [0.717, 1.165) is 4.90 Å². The van der Waals surface area contributed by atoms with Crippen LogP contribution in [-0.4, -0.2) is 50.2 Å². The molecule has 162 valence electrons. The van der Waals surface area contributed by atoms with Gasteiger partial charge in [0.05, 0.1) is 17.0 Å². The van der Waals surface area contributed by atoms with E-state index in [1.54, 1.807) is 24.3 Å². The number of anilines is 1. The Hall–Kier alpha value is -3.50. The van der Waals surface area contributed by atoms with Crippen LogP contribution in [0.2, 0.25) is 0 Å². The lowest BCUT2D eigenvalue weighted by atomic mass is 10.2. The molecule has 3 amide bonds. The second kappa shape index (κ2) is 9.11. The zero-order valence-electron chi connectivity index (χ0n) is 16.5. The summed E-state index contributed by atoms with van der Waals surface area (Å²) in [4.78, 5) is 40.3. The van der Waals surface area contributed by atoms with Gasteiger partial charge in [0.1, 0.15) is 11.8 Å². The molecular formula is C21H21N3O6S. The lowest BCUT2D eigenvalue weighted by molar-refractivity contribution is -0.139. The number of para-hydroxylation sites is 1.